The van der Waals surface area contributed by atoms with Gasteiger partial charge in [-0.05, 0) is 57.5 Å². The molecule has 1 heterocycles. The van der Waals surface area contributed by atoms with E-state index in [0.717, 1.165) is 30.3 Å². The molecule has 0 aromatic rings. The van der Waals surface area contributed by atoms with Gasteiger partial charge in [-0.3, -0.25) is 4.99 Å². The monoisotopic (exact) mass is 420 g/mol. The van der Waals surface area contributed by atoms with Gasteiger partial charge in [0.05, 0.1) is 0 Å². The standard InChI is InChI=1S/C17H32N4.HI/c1-18-17(19-10-16(20(2)3)13-8-9-13)21-11-14-6-4-5-7-15(14)12-21;/h13-16H,4-12H2,1-3H3,(H,18,19);1H. The molecule has 0 spiro atoms. The van der Waals surface area contributed by atoms with Crippen molar-refractivity contribution in [2.75, 3.05) is 40.8 Å². The average Bonchev–Trinajstić information content (AvgIpc) is 3.21. The molecule has 3 atom stereocenters. The van der Waals surface area contributed by atoms with E-state index in [0.29, 0.717) is 6.04 Å². The Labute approximate surface area is 153 Å². The van der Waals surface area contributed by atoms with Crippen LogP contribution >= 0.6 is 24.0 Å². The highest BCUT2D eigenvalue weighted by Crippen LogP contribution is 2.36. The molecular weight excluding hydrogens is 387 g/mol. The Balaban J connectivity index is 0.00000176. The summed E-state index contributed by atoms with van der Waals surface area (Å²) in [5, 5.41) is 3.66. The number of halogens is 1. The van der Waals surface area contributed by atoms with Crippen molar-refractivity contribution >= 4 is 29.9 Å². The summed E-state index contributed by atoms with van der Waals surface area (Å²) in [5.41, 5.74) is 0. The third-order valence-corrected chi connectivity index (χ3v) is 5.79. The molecule has 0 aromatic carbocycles. The normalized spacial score (nSPS) is 30.0. The third kappa shape index (κ3) is 4.28. The zero-order chi connectivity index (χ0) is 14.8. The van der Waals surface area contributed by atoms with E-state index in [4.69, 9.17) is 0 Å². The Bertz CT molecular complexity index is 365. The van der Waals surface area contributed by atoms with Crippen LogP contribution in [0.1, 0.15) is 38.5 Å². The van der Waals surface area contributed by atoms with Gasteiger partial charge in [-0.2, -0.15) is 0 Å². The fraction of sp³-hybridized carbons (Fsp3) is 0.941. The van der Waals surface area contributed by atoms with Crippen molar-refractivity contribution in [2.24, 2.45) is 22.7 Å². The second-order valence-corrected chi connectivity index (χ2v) is 7.51. The van der Waals surface area contributed by atoms with Crippen LogP contribution in [0.15, 0.2) is 4.99 Å². The van der Waals surface area contributed by atoms with E-state index in [9.17, 15) is 0 Å². The van der Waals surface area contributed by atoms with E-state index >= 15 is 0 Å². The molecule has 5 heteroatoms. The van der Waals surface area contributed by atoms with Crippen LogP contribution in [-0.4, -0.2) is 62.6 Å². The number of fused-ring (bicyclic) bond motifs is 1. The fourth-order valence-corrected chi connectivity index (χ4v) is 4.36. The number of likely N-dealkylation sites (N-methyl/N-ethyl adjacent to an activating group) is 1. The summed E-state index contributed by atoms with van der Waals surface area (Å²) in [4.78, 5) is 9.44. The summed E-state index contributed by atoms with van der Waals surface area (Å²) >= 11 is 0. The van der Waals surface area contributed by atoms with E-state index in [1.807, 2.05) is 7.05 Å². The highest BCUT2D eigenvalue weighted by Gasteiger charge is 2.36. The number of rotatable bonds is 4. The van der Waals surface area contributed by atoms with E-state index in [1.165, 1.54) is 51.6 Å². The molecule has 3 aliphatic rings. The number of guanidine groups is 1. The van der Waals surface area contributed by atoms with Crippen LogP contribution in [0.5, 0.6) is 0 Å². The zero-order valence-corrected chi connectivity index (χ0v) is 16.8. The van der Waals surface area contributed by atoms with Gasteiger partial charge >= 0.3 is 0 Å². The summed E-state index contributed by atoms with van der Waals surface area (Å²) in [6.45, 7) is 3.48. The average molecular weight is 420 g/mol. The predicted molar refractivity (Wildman–Crippen MR) is 104 cm³/mol. The molecule has 0 bridgehead atoms. The molecule has 2 saturated carbocycles. The molecule has 128 valence electrons. The lowest BCUT2D eigenvalue weighted by molar-refractivity contribution is 0.262. The number of hydrogen-bond donors (Lipinski definition) is 1. The summed E-state index contributed by atoms with van der Waals surface area (Å²) in [7, 11) is 6.35. The van der Waals surface area contributed by atoms with E-state index in [1.54, 1.807) is 0 Å². The number of aliphatic imine (C=N–C) groups is 1. The molecule has 4 nitrogen and oxygen atoms in total. The molecule has 3 fully saturated rings. The third-order valence-electron chi connectivity index (χ3n) is 5.79. The smallest absolute Gasteiger partial charge is 0.193 e. The predicted octanol–water partition coefficient (Wildman–Crippen LogP) is 2.64. The van der Waals surface area contributed by atoms with Crippen LogP contribution < -0.4 is 5.32 Å². The number of hydrogen-bond acceptors (Lipinski definition) is 2. The van der Waals surface area contributed by atoms with Crippen molar-refractivity contribution in [3.05, 3.63) is 0 Å². The lowest BCUT2D eigenvalue weighted by Crippen LogP contribution is -2.47. The van der Waals surface area contributed by atoms with Crippen molar-refractivity contribution in [2.45, 2.75) is 44.6 Å². The molecule has 1 aliphatic heterocycles. The van der Waals surface area contributed by atoms with E-state index in [-0.39, 0.29) is 24.0 Å². The van der Waals surface area contributed by atoms with Gasteiger partial charge in [-0.15, -0.1) is 24.0 Å². The van der Waals surface area contributed by atoms with Gasteiger partial charge in [0.25, 0.3) is 0 Å². The number of likely N-dealkylation sites (tertiary alicyclic amines) is 1. The molecule has 0 radical (unpaired) electrons. The quantitative estimate of drug-likeness (QED) is 0.431. The van der Waals surface area contributed by atoms with Crippen LogP contribution in [0.25, 0.3) is 0 Å². The van der Waals surface area contributed by atoms with Gasteiger partial charge in [0.15, 0.2) is 5.96 Å². The maximum absolute atomic E-state index is 4.55. The first-order valence-corrected chi connectivity index (χ1v) is 8.81. The highest BCUT2D eigenvalue weighted by atomic mass is 127. The van der Waals surface area contributed by atoms with Gasteiger partial charge in [-0.25, -0.2) is 0 Å². The molecule has 2 aliphatic carbocycles. The summed E-state index contributed by atoms with van der Waals surface area (Å²) in [5.74, 6) is 3.87. The van der Waals surface area contributed by atoms with Crippen LogP contribution in [0.3, 0.4) is 0 Å². The van der Waals surface area contributed by atoms with Gasteiger partial charge in [0, 0.05) is 32.7 Å². The molecule has 3 unspecified atom stereocenters. The van der Waals surface area contributed by atoms with E-state index in [2.05, 4.69) is 34.2 Å². The second kappa shape index (κ2) is 8.18. The van der Waals surface area contributed by atoms with Crippen LogP contribution in [-0.2, 0) is 0 Å². The van der Waals surface area contributed by atoms with Gasteiger partial charge in [0.1, 0.15) is 0 Å². The SMILES string of the molecule is CN=C(NCC(C1CC1)N(C)C)N1CC2CCCCC2C1.I. The van der Waals surface area contributed by atoms with Crippen molar-refractivity contribution in [1.82, 2.24) is 15.1 Å². The Morgan fingerprint density at radius 1 is 1.14 bits per heavy atom. The summed E-state index contributed by atoms with van der Waals surface area (Å²) in [6, 6.07) is 0.659. The van der Waals surface area contributed by atoms with Crippen molar-refractivity contribution < 1.29 is 0 Å². The van der Waals surface area contributed by atoms with E-state index < -0.39 is 0 Å². The maximum Gasteiger partial charge on any atom is 0.193 e. The first-order valence-electron chi connectivity index (χ1n) is 8.81. The second-order valence-electron chi connectivity index (χ2n) is 7.51. The minimum Gasteiger partial charge on any atom is -0.355 e. The first-order chi connectivity index (χ1) is 10.2. The molecule has 0 aromatic heterocycles. The van der Waals surface area contributed by atoms with Crippen molar-refractivity contribution in [3.63, 3.8) is 0 Å². The fourth-order valence-electron chi connectivity index (χ4n) is 4.36. The molecule has 0 amide bonds. The number of nitrogens with zero attached hydrogens (tertiary/aromatic N) is 3. The van der Waals surface area contributed by atoms with Crippen LogP contribution in [0, 0.1) is 17.8 Å². The van der Waals surface area contributed by atoms with Gasteiger partial charge in [0.2, 0.25) is 0 Å². The Morgan fingerprint density at radius 3 is 2.18 bits per heavy atom. The minimum absolute atomic E-state index is 0. The largest absolute Gasteiger partial charge is 0.355 e. The zero-order valence-electron chi connectivity index (χ0n) is 14.4. The molecule has 1 N–H and O–H groups in total. The van der Waals surface area contributed by atoms with Crippen LogP contribution in [0.2, 0.25) is 0 Å². The molecule has 1 saturated heterocycles. The van der Waals surface area contributed by atoms with Crippen LogP contribution in [0.4, 0.5) is 0 Å². The van der Waals surface area contributed by atoms with Crippen molar-refractivity contribution in [3.8, 4) is 0 Å². The highest BCUT2D eigenvalue weighted by molar-refractivity contribution is 14.0. The first kappa shape index (κ1) is 18.3. The lowest BCUT2D eigenvalue weighted by atomic mass is 9.82. The number of nitrogens with one attached hydrogen (secondary N) is 1. The summed E-state index contributed by atoms with van der Waals surface area (Å²) < 4.78 is 0. The van der Waals surface area contributed by atoms with Crippen molar-refractivity contribution in [1.29, 1.82) is 0 Å². The van der Waals surface area contributed by atoms with Gasteiger partial charge < -0.3 is 15.1 Å². The Hall–Kier alpha value is -0.0400. The maximum atomic E-state index is 4.55. The Kier molecular flexibility index (Phi) is 6.80. The molecule has 22 heavy (non-hydrogen) atoms. The minimum atomic E-state index is 0. The summed E-state index contributed by atoms with van der Waals surface area (Å²) in [6.07, 6.45) is 8.53. The Morgan fingerprint density at radius 2 is 1.73 bits per heavy atom. The topological polar surface area (TPSA) is 30.9 Å². The van der Waals surface area contributed by atoms with Gasteiger partial charge in [-0.1, -0.05) is 12.8 Å². The lowest BCUT2D eigenvalue weighted by Gasteiger charge is -2.28. The molecule has 3 rings (SSSR count). The molecular formula is C17H33IN4.